The Balaban J connectivity index is 3.75. The van der Waals surface area contributed by atoms with Crippen molar-refractivity contribution in [3.05, 3.63) is 0 Å². The fourth-order valence-electron chi connectivity index (χ4n) is 0.851. The van der Waals surface area contributed by atoms with Gasteiger partial charge in [0.05, 0.1) is 0 Å². The van der Waals surface area contributed by atoms with Crippen LogP contribution in [0, 0.1) is 0 Å². The summed E-state index contributed by atoms with van der Waals surface area (Å²) >= 11 is 0. The van der Waals surface area contributed by atoms with E-state index in [9.17, 15) is 4.79 Å². The normalized spacial score (nSPS) is 11.6. The number of guanidine groups is 1. The molecule has 0 rings (SSSR count). The number of aliphatic imine (C=N–C) groups is 1. The van der Waals surface area contributed by atoms with Crippen LogP contribution in [0.2, 0.25) is 0 Å². The molecule has 0 fully saturated rings. The first-order valence-electron chi connectivity index (χ1n) is 4.62. The van der Waals surface area contributed by atoms with E-state index in [0.29, 0.717) is 25.3 Å². The Morgan fingerprint density at radius 3 is 2.57 bits per heavy atom. The highest BCUT2D eigenvalue weighted by Gasteiger charge is 1.98. The average molecular weight is 201 g/mol. The van der Waals surface area contributed by atoms with Crippen molar-refractivity contribution in [1.82, 2.24) is 10.7 Å². The maximum Gasteiger partial charge on any atom is 0.217 e. The third kappa shape index (κ3) is 7.35. The molecular formula is C8H19N5O. The van der Waals surface area contributed by atoms with Crippen LogP contribution in [0.1, 0.15) is 26.7 Å². The smallest absolute Gasteiger partial charge is 0.217 e. The van der Waals surface area contributed by atoms with Crippen molar-refractivity contribution in [3.8, 4) is 0 Å². The first kappa shape index (κ1) is 12.7. The standard InChI is InChI=1S/C8H19N5O/c1-6(2)12-8(13-10)11-5-3-4-7(9)14/h6H,3-5,10H2,1-2H3,(H2,9,14)(H2,11,12,13). The van der Waals surface area contributed by atoms with Crippen LogP contribution >= 0.6 is 0 Å². The predicted octanol–water partition coefficient (Wildman–Crippen LogP) is -0.931. The fourth-order valence-corrected chi connectivity index (χ4v) is 0.851. The maximum absolute atomic E-state index is 10.4. The highest BCUT2D eigenvalue weighted by atomic mass is 16.1. The number of amides is 1. The topological polar surface area (TPSA) is 106 Å². The number of rotatable bonds is 5. The van der Waals surface area contributed by atoms with Gasteiger partial charge in [-0.05, 0) is 20.3 Å². The lowest BCUT2D eigenvalue weighted by molar-refractivity contribution is -0.118. The van der Waals surface area contributed by atoms with Crippen LogP contribution in [0.15, 0.2) is 4.99 Å². The third-order valence-electron chi connectivity index (χ3n) is 1.41. The van der Waals surface area contributed by atoms with Gasteiger partial charge in [-0.1, -0.05) is 0 Å². The number of primary amides is 1. The monoisotopic (exact) mass is 201 g/mol. The summed E-state index contributed by atoms with van der Waals surface area (Å²) in [5, 5.41) is 3.02. The average Bonchev–Trinajstić information content (AvgIpc) is 2.09. The van der Waals surface area contributed by atoms with E-state index in [4.69, 9.17) is 11.6 Å². The summed E-state index contributed by atoms with van der Waals surface area (Å²) in [4.78, 5) is 14.5. The highest BCUT2D eigenvalue weighted by molar-refractivity contribution is 5.79. The first-order chi connectivity index (χ1) is 6.56. The van der Waals surface area contributed by atoms with Crippen LogP contribution in [-0.4, -0.2) is 24.5 Å². The van der Waals surface area contributed by atoms with Gasteiger partial charge in [-0.2, -0.15) is 0 Å². The molecule has 6 N–H and O–H groups in total. The van der Waals surface area contributed by atoms with E-state index < -0.39 is 0 Å². The van der Waals surface area contributed by atoms with Crippen molar-refractivity contribution in [2.45, 2.75) is 32.7 Å². The van der Waals surface area contributed by atoms with Gasteiger partial charge in [-0.25, -0.2) is 5.84 Å². The van der Waals surface area contributed by atoms with Crippen LogP contribution in [0.4, 0.5) is 0 Å². The van der Waals surface area contributed by atoms with Crippen LogP contribution in [0.3, 0.4) is 0 Å². The number of carbonyl (C=O) groups is 1. The van der Waals surface area contributed by atoms with Crippen LogP contribution < -0.4 is 22.3 Å². The van der Waals surface area contributed by atoms with Crippen LogP contribution in [-0.2, 0) is 4.79 Å². The molecule has 14 heavy (non-hydrogen) atoms. The van der Waals surface area contributed by atoms with Gasteiger partial charge in [-0.3, -0.25) is 15.2 Å². The van der Waals surface area contributed by atoms with Crippen LogP contribution in [0.5, 0.6) is 0 Å². The van der Waals surface area contributed by atoms with Crippen molar-refractivity contribution in [2.24, 2.45) is 16.6 Å². The molecule has 0 spiro atoms. The van der Waals surface area contributed by atoms with Crippen molar-refractivity contribution >= 4 is 11.9 Å². The van der Waals surface area contributed by atoms with E-state index in [1.54, 1.807) is 0 Å². The SMILES string of the molecule is CC(C)NC(=NCCCC(N)=O)NN. The molecule has 0 radical (unpaired) electrons. The Morgan fingerprint density at radius 1 is 1.50 bits per heavy atom. The Morgan fingerprint density at radius 2 is 2.14 bits per heavy atom. The molecular weight excluding hydrogens is 182 g/mol. The largest absolute Gasteiger partial charge is 0.370 e. The molecule has 0 aliphatic rings. The minimum Gasteiger partial charge on any atom is -0.370 e. The van der Waals surface area contributed by atoms with Gasteiger partial charge in [-0.15, -0.1) is 0 Å². The summed E-state index contributed by atoms with van der Waals surface area (Å²) in [5.74, 6) is 5.45. The predicted molar refractivity (Wildman–Crippen MR) is 56.3 cm³/mol. The van der Waals surface area contributed by atoms with E-state index >= 15 is 0 Å². The first-order valence-corrected chi connectivity index (χ1v) is 4.62. The Kier molecular flexibility index (Phi) is 6.47. The lowest BCUT2D eigenvalue weighted by Crippen LogP contribution is -2.44. The molecule has 6 heteroatoms. The third-order valence-corrected chi connectivity index (χ3v) is 1.41. The van der Waals surface area contributed by atoms with Gasteiger partial charge in [0.1, 0.15) is 0 Å². The molecule has 0 atom stereocenters. The molecule has 82 valence electrons. The van der Waals surface area contributed by atoms with E-state index in [0.717, 1.165) is 0 Å². The maximum atomic E-state index is 10.4. The van der Waals surface area contributed by atoms with E-state index in [-0.39, 0.29) is 11.9 Å². The van der Waals surface area contributed by atoms with Crippen molar-refractivity contribution in [3.63, 3.8) is 0 Å². The highest BCUT2D eigenvalue weighted by Crippen LogP contribution is 1.88. The lowest BCUT2D eigenvalue weighted by Gasteiger charge is -2.11. The molecule has 0 aromatic carbocycles. The summed E-state index contributed by atoms with van der Waals surface area (Å²) in [6, 6.07) is 0.265. The molecule has 0 heterocycles. The number of nitrogens with one attached hydrogen (secondary N) is 2. The molecule has 0 aromatic heterocycles. The summed E-state index contributed by atoms with van der Waals surface area (Å²) < 4.78 is 0. The molecule has 1 amide bonds. The fraction of sp³-hybridized carbons (Fsp3) is 0.750. The zero-order chi connectivity index (χ0) is 11.0. The minimum absolute atomic E-state index is 0.265. The second-order valence-corrected chi connectivity index (χ2v) is 3.24. The Bertz CT molecular complexity index is 202. The van der Waals surface area contributed by atoms with Crippen molar-refractivity contribution in [2.75, 3.05) is 6.54 Å². The molecule has 0 aliphatic heterocycles. The van der Waals surface area contributed by atoms with E-state index in [1.165, 1.54) is 0 Å². The minimum atomic E-state index is -0.306. The summed E-state index contributed by atoms with van der Waals surface area (Å²) in [5.41, 5.74) is 7.42. The lowest BCUT2D eigenvalue weighted by atomic mass is 10.3. The van der Waals surface area contributed by atoms with Crippen LogP contribution in [0.25, 0.3) is 0 Å². The number of hydrogen-bond acceptors (Lipinski definition) is 3. The second kappa shape index (κ2) is 7.14. The van der Waals surface area contributed by atoms with Gasteiger partial charge in [0.15, 0.2) is 0 Å². The Hall–Kier alpha value is -1.30. The summed E-state index contributed by atoms with van der Waals surface area (Å²) in [6.07, 6.45) is 0.989. The van der Waals surface area contributed by atoms with E-state index in [2.05, 4.69) is 15.7 Å². The number of hydrogen-bond donors (Lipinski definition) is 4. The molecule has 0 bridgehead atoms. The number of nitrogens with two attached hydrogens (primary N) is 2. The quantitative estimate of drug-likeness (QED) is 0.152. The number of nitrogens with zero attached hydrogens (tertiary/aromatic N) is 1. The zero-order valence-electron chi connectivity index (χ0n) is 8.71. The molecule has 0 saturated heterocycles. The number of hydrazine groups is 1. The Labute approximate surface area is 84.1 Å². The van der Waals surface area contributed by atoms with Gasteiger partial charge < -0.3 is 11.1 Å². The molecule has 0 saturated carbocycles. The summed E-state index contributed by atoms with van der Waals surface area (Å²) in [6.45, 7) is 4.49. The second-order valence-electron chi connectivity index (χ2n) is 3.24. The molecule has 0 aliphatic carbocycles. The number of carbonyl (C=O) groups excluding carboxylic acids is 1. The van der Waals surface area contributed by atoms with Crippen molar-refractivity contribution in [1.29, 1.82) is 0 Å². The van der Waals surface area contributed by atoms with Gasteiger partial charge in [0.2, 0.25) is 11.9 Å². The molecule has 0 aromatic rings. The van der Waals surface area contributed by atoms with Gasteiger partial charge in [0.25, 0.3) is 0 Å². The van der Waals surface area contributed by atoms with E-state index in [1.807, 2.05) is 13.8 Å². The summed E-state index contributed by atoms with van der Waals surface area (Å²) in [7, 11) is 0. The van der Waals surface area contributed by atoms with Gasteiger partial charge >= 0.3 is 0 Å². The molecule has 6 nitrogen and oxygen atoms in total. The van der Waals surface area contributed by atoms with Gasteiger partial charge in [0, 0.05) is 19.0 Å². The van der Waals surface area contributed by atoms with Crippen molar-refractivity contribution < 1.29 is 4.79 Å². The molecule has 0 unspecified atom stereocenters. The zero-order valence-corrected chi connectivity index (χ0v) is 8.71.